The molecule has 6 heteroatoms. The number of benzene rings is 2. The average Bonchev–Trinajstić information content (AvgIpc) is 3.24. The molecule has 1 N–H and O–H groups in total. The second kappa shape index (κ2) is 9.25. The van der Waals surface area contributed by atoms with Crippen molar-refractivity contribution in [3.05, 3.63) is 60.3 Å². The third kappa shape index (κ3) is 4.58. The fraction of sp³-hybridized carbons (Fsp3) is 0.360. The van der Waals surface area contributed by atoms with E-state index in [-0.39, 0.29) is 11.9 Å². The van der Waals surface area contributed by atoms with Gasteiger partial charge in [-0.25, -0.2) is 4.68 Å². The summed E-state index contributed by atoms with van der Waals surface area (Å²) in [6.07, 6.45) is 6.21. The Morgan fingerprint density at radius 3 is 2.61 bits per heavy atom. The molecule has 1 aliphatic carbocycles. The van der Waals surface area contributed by atoms with Crippen LogP contribution in [-0.4, -0.2) is 35.9 Å². The van der Waals surface area contributed by atoms with Crippen LogP contribution in [0.5, 0.6) is 11.5 Å². The highest BCUT2D eigenvalue weighted by atomic mass is 16.5. The number of aromatic nitrogens is 2. The van der Waals surface area contributed by atoms with E-state index in [1.54, 1.807) is 31.2 Å². The van der Waals surface area contributed by atoms with Crippen molar-refractivity contribution < 1.29 is 14.3 Å². The summed E-state index contributed by atoms with van der Waals surface area (Å²) in [7, 11) is 3.22. The summed E-state index contributed by atoms with van der Waals surface area (Å²) in [5.74, 6) is 1.82. The zero-order valence-corrected chi connectivity index (χ0v) is 18.3. The van der Waals surface area contributed by atoms with E-state index in [9.17, 15) is 4.79 Å². The Hall–Kier alpha value is -3.28. The van der Waals surface area contributed by atoms with Crippen molar-refractivity contribution in [2.24, 2.45) is 5.92 Å². The molecular formula is C25H29N3O3. The zero-order valence-electron chi connectivity index (χ0n) is 18.3. The molecule has 1 heterocycles. The maximum atomic E-state index is 13.4. The van der Waals surface area contributed by atoms with Gasteiger partial charge in [0.2, 0.25) is 0 Å². The third-order valence-electron chi connectivity index (χ3n) is 5.92. The Bertz CT molecular complexity index is 1050. The summed E-state index contributed by atoms with van der Waals surface area (Å²) in [5.41, 5.74) is 2.76. The molecule has 0 spiro atoms. The third-order valence-corrected chi connectivity index (χ3v) is 5.92. The van der Waals surface area contributed by atoms with E-state index in [1.165, 1.54) is 6.42 Å². The predicted octanol–water partition coefficient (Wildman–Crippen LogP) is 4.87. The first-order valence-electron chi connectivity index (χ1n) is 10.8. The van der Waals surface area contributed by atoms with Crippen molar-refractivity contribution in [2.75, 3.05) is 14.2 Å². The minimum absolute atomic E-state index is 0.103. The van der Waals surface area contributed by atoms with Crippen molar-refractivity contribution >= 4 is 5.91 Å². The van der Waals surface area contributed by atoms with Crippen LogP contribution < -0.4 is 14.8 Å². The van der Waals surface area contributed by atoms with Crippen molar-refractivity contribution in [1.29, 1.82) is 0 Å². The van der Waals surface area contributed by atoms with Crippen LogP contribution in [0, 0.1) is 5.92 Å². The lowest BCUT2D eigenvalue weighted by Crippen LogP contribution is -2.38. The second-order valence-electron chi connectivity index (χ2n) is 8.18. The van der Waals surface area contributed by atoms with Crippen molar-refractivity contribution in [1.82, 2.24) is 15.1 Å². The Labute approximate surface area is 183 Å². The molecule has 6 nitrogen and oxygen atoms in total. The van der Waals surface area contributed by atoms with E-state index < -0.39 is 0 Å². The van der Waals surface area contributed by atoms with E-state index in [4.69, 9.17) is 14.6 Å². The van der Waals surface area contributed by atoms with E-state index in [1.807, 2.05) is 42.5 Å². The van der Waals surface area contributed by atoms with Crippen LogP contribution in [0.1, 0.15) is 43.0 Å². The van der Waals surface area contributed by atoms with Gasteiger partial charge < -0.3 is 14.8 Å². The molecule has 2 aromatic carbocycles. The van der Waals surface area contributed by atoms with Crippen LogP contribution in [0.2, 0.25) is 0 Å². The predicted molar refractivity (Wildman–Crippen MR) is 121 cm³/mol. The number of hydrogen-bond donors (Lipinski definition) is 1. The van der Waals surface area contributed by atoms with Gasteiger partial charge in [-0.15, -0.1) is 0 Å². The molecule has 1 aromatic heterocycles. The van der Waals surface area contributed by atoms with Gasteiger partial charge in [-0.1, -0.05) is 38.0 Å². The fourth-order valence-corrected chi connectivity index (χ4v) is 4.27. The monoisotopic (exact) mass is 419 g/mol. The molecule has 162 valence electrons. The molecule has 2 atom stereocenters. The molecule has 0 bridgehead atoms. The maximum absolute atomic E-state index is 13.4. The number of nitrogens with one attached hydrogen (secondary N) is 1. The Kier molecular flexibility index (Phi) is 6.26. The molecule has 0 saturated heterocycles. The topological polar surface area (TPSA) is 65.4 Å². The number of methoxy groups -OCH3 is 2. The van der Waals surface area contributed by atoms with Crippen LogP contribution in [0.4, 0.5) is 0 Å². The molecule has 4 rings (SSSR count). The Balaban J connectivity index is 1.75. The van der Waals surface area contributed by atoms with Crippen molar-refractivity contribution in [3.63, 3.8) is 0 Å². The van der Waals surface area contributed by atoms with Gasteiger partial charge in [0.25, 0.3) is 5.91 Å². The summed E-state index contributed by atoms with van der Waals surface area (Å²) < 4.78 is 12.7. The highest BCUT2D eigenvalue weighted by Crippen LogP contribution is 2.35. The summed E-state index contributed by atoms with van der Waals surface area (Å²) in [4.78, 5) is 13.4. The van der Waals surface area contributed by atoms with Gasteiger partial charge in [0.05, 0.1) is 25.5 Å². The van der Waals surface area contributed by atoms with E-state index >= 15 is 0 Å². The molecule has 2 unspecified atom stereocenters. The minimum atomic E-state index is -0.103. The van der Waals surface area contributed by atoms with Crippen LogP contribution in [0.25, 0.3) is 16.9 Å². The van der Waals surface area contributed by atoms with Crippen molar-refractivity contribution in [3.8, 4) is 28.4 Å². The lowest BCUT2D eigenvalue weighted by molar-refractivity contribution is 0.0922. The summed E-state index contributed by atoms with van der Waals surface area (Å²) in [6.45, 7) is 2.25. The smallest absolute Gasteiger partial charge is 0.255 e. The standard InChI is InChI=1S/C25H29N3O3/c1-17-8-7-9-18(14-17)26-25(29)22-16-28(19-10-5-4-6-11-19)27-24(22)21-13-12-20(30-2)15-23(21)31-3/h4-6,10-13,15-18H,7-9,14H2,1-3H3,(H,26,29). The summed E-state index contributed by atoms with van der Waals surface area (Å²) >= 11 is 0. The van der Waals surface area contributed by atoms with Gasteiger partial charge in [0, 0.05) is 23.9 Å². The molecule has 1 amide bonds. The summed E-state index contributed by atoms with van der Waals surface area (Å²) in [5, 5.41) is 8.02. The molecular weight excluding hydrogens is 390 g/mol. The fourth-order valence-electron chi connectivity index (χ4n) is 4.27. The number of carbonyl (C=O) groups is 1. The molecule has 0 radical (unpaired) electrons. The van der Waals surface area contributed by atoms with Gasteiger partial charge in [0.1, 0.15) is 17.2 Å². The number of rotatable bonds is 6. The lowest BCUT2D eigenvalue weighted by Gasteiger charge is -2.27. The minimum Gasteiger partial charge on any atom is -0.497 e. The van der Waals surface area contributed by atoms with Crippen LogP contribution in [-0.2, 0) is 0 Å². The molecule has 1 saturated carbocycles. The highest BCUT2D eigenvalue weighted by Gasteiger charge is 2.25. The molecule has 1 aliphatic rings. The Morgan fingerprint density at radius 2 is 1.90 bits per heavy atom. The Morgan fingerprint density at radius 1 is 1.10 bits per heavy atom. The van der Waals surface area contributed by atoms with Crippen LogP contribution >= 0.6 is 0 Å². The van der Waals surface area contributed by atoms with Gasteiger partial charge in [-0.2, -0.15) is 5.10 Å². The quantitative estimate of drug-likeness (QED) is 0.619. The van der Waals surface area contributed by atoms with Crippen molar-refractivity contribution in [2.45, 2.75) is 38.6 Å². The molecule has 1 fully saturated rings. The van der Waals surface area contributed by atoms with Gasteiger partial charge >= 0.3 is 0 Å². The number of carbonyl (C=O) groups excluding carboxylic acids is 1. The van der Waals surface area contributed by atoms with Gasteiger partial charge in [-0.3, -0.25) is 4.79 Å². The number of para-hydroxylation sites is 1. The first-order chi connectivity index (χ1) is 15.1. The number of amides is 1. The highest BCUT2D eigenvalue weighted by molar-refractivity contribution is 6.00. The number of ether oxygens (including phenoxy) is 2. The molecule has 31 heavy (non-hydrogen) atoms. The van der Waals surface area contributed by atoms with Crippen LogP contribution in [0.3, 0.4) is 0 Å². The number of hydrogen-bond acceptors (Lipinski definition) is 4. The largest absolute Gasteiger partial charge is 0.497 e. The van der Waals surface area contributed by atoms with E-state index in [2.05, 4.69) is 12.2 Å². The van der Waals surface area contributed by atoms with Gasteiger partial charge in [-0.05, 0) is 43.0 Å². The maximum Gasteiger partial charge on any atom is 0.255 e. The SMILES string of the molecule is COc1ccc(-c2nn(-c3ccccc3)cc2C(=O)NC2CCCC(C)C2)c(OC)c1. The second-order valence-corrected chi connectivity index (χ2v) is 8.18. The zero-order chi connectivity index (χ0) is 21.8. The normalized spacial score (nSPS) is 18.4. The van der Waals surface area contributed by atoms with E-state index in [0.717, 1.165) is 30.5 Å². The summed E-state index contributed by atoms with van der Waals surface area (Å²) in [6, 6.07) is 15.5. The van der Waals surface area contributed by atoms with E-state index in [0.29, 0.717) is 28.7 Å². The van der Waals surface area contributed by atoms with Gasteiger partial charge in [0.15, 0.2) is 0 Å². The average molecular weight is 420 g/mol. The number of nitrogens with zero attached hydrogens (tertiary/aromatic N) is 2. The first kappa shape index (κ1) is 21.0. The first-order valence-corrected chi connectivity index (χ1v) is 10.8. The molecule has 0 aliphatic heterocycles. The van der Waals surface area contributed by atoms with Crippen LogP contribution in [0.15, 0.2) is 54.7 Å². The lowest BCUT2D eigenvalue weighted by atomic mass is 9.87. The molecule has 3 aromatic rings.